The van der Waals surface area contributed by atoms with Crippen LogP contribution in [0.15, 0.2) is 18.2 Å². The first-order valence-corrected chi connectivity index (χ1v) is 6.86. The first kappa shape index (κ1) is 12.0. The van der Waals surface area contributed by atoms with Gasteiger partial charge in [-0.3, -0.25) is 0 Å². The third-order valence-electron chi connectivity index (χ3n) is 4.49. The minimum atomic E-state index is -0.244. The van der Waals surface area contributed by atoms with E-state index < -0.39 is 0 Å². The lowest BCUT2D eigenvalue weighted by Crippen LogP contribution is -2.21. The van der Waals surface area contributed by atoms with Gasteiger partial charge in [-0.2, -0.15) is 0 Å². The minimum Gasteiger partial charge on any atom is -0.490 e. The standard InChI is InChI=1S/C15H20FNO/c16-13-8-12(15(10-17)6-7-15)4-5-14(13)18-9-11-2-1-3-11/h4-5,8,11H,1-3,6-7,9-10,17H2. The van der Waals surface area contributed by atoms with Crippen LogP contribution in [0, 0.1) is 11.7 Å². The smallest absolute Gasteiger partial charge is 0.165 e. The highest BCUT2D eigenvalue weighted by Gasteiger charge is 2.43. The van der Waals surface area contributed by atoms with E-state index in [0.29, 0.717) is 24.8 Å². The van der Waals surface area contributed by atoms with Gasteiger partial charge in [0.25, 0.3) is 0 Å². The zero-order chi connectivity index (χ0) is 12.6. The Kier molecular flexibility index (Phi) is 3.02. The molecule has 0 spiro atoms. The molecule has 1 aromatic carbocycles. The van der Waals surface area contributed by atoms with Crippen molar-refractivity contribution >= 4 is 0 Å². The van der Waals surface area contributed by atoms with Crippen molar-refractivity contribution in [3.63, 3.8) is 0 Å². The Morgan fingerprint density at radius 2 is 2.11 bits per heavy atom. The summed E-state index contributed by atoms with van der Waals surface area (Å²) in [7, 11) is 0. The second-order valence-corrected chi connectivity index (χ2v) is 5.74. The molecule has 0 aromatic heterocycles. The Balaban J connectivity index is 1.68. The van der Waals surface area contributed by atoms with Crippen LogP contribution in [0.5, 0.6) is 5.75 Å². The van der Waals surface area contributed by atoms with Gasteiger partial charge >= 0.3 is 0 Å². The lowest BCUT2D eigenvalue weighted by Gasteiger charge is -2.25. The molecule has 98 valence electrons. The predicted octanol–water partition coefficient (Wildman–Crippen LogP) is 2.99. The second-order valence-electron chi connectivity index (χ2n) is 5.74. The van der Waals surface area contributed by atoms with Crippen LogP contribution >= 0.6 is 0 Å². The second kappa shape index (κ2) is 4.54. The molecule has 3 heteroatoms. The molecule has 0 atom stereocenters. The van der Waals surface area contributed by atoms with E-state index in [1.807, 2.05) is 6.07 Å². The van der Waals surface area contributed by atoms with Gasteiger partial charge in [-0.05, 0) is 49.3 Å². The van der Waals surface area contributed by atoms with E-state index in [9.17, 15) is 4.39 Å². The molecule has 0 aliphatic heterocycles. The molecule has 1 aromatic rings. The van der Waals surface area contributed by atoms with Crippen molar-refractivity contribution in [3.8, 4) is 5.75 Å². The number of hydrogen-bond acceptors (Lipinski definition) is 2. The molecule has 2 aliphatic carbocycles. The van der Waals surface area contributed by atoms with E-state index in [1.165, 1.54) is 19.3 Å². The van der Waals surface area contributed by atoms with Crippen molar-refractivity contribution in [2.24, 2.45) is 11.7 Å². The first-order chi connectivity index (χ1) is 8.73. The Labute approximate surface area is 107 Å². The van der Waals surface area contributed by atoms with Crippen molar-refractivity contribution in [3.05, 3.63) is 29.6 Å². The van der Waals surface area contributed by atoms with Crippen molar-refractivity contribution in [2.75, 3.05) is 13.2 Å². The van der Waals surface area contributed by atoms with Gasteiger partial charge in [-0.1, -0.05) is 12.5 Å². The molecule has 2 nitrogen and oxygen atoms in total. The maximum Gasteiger partial charge on any atom is 0.165 e. The van der Waals surface area contributed by atoms with Crippen LogP contribution in [-0.2, 0) is 5.41 Å². The lowest BCUT2D eigenvalue weighted by atomic mass is 9.86. The maximum atomic E-state index is 14.0. The molecule has 2 aliphatic rings. The fourth-order valence-corrected chi connectivity index (χ4v) is 2.58. The van der Waals surface area contributed by atoms with E-state index in [-0.39, 0.29) is 11.2 Å². The molecular formula is C15H20FNO. The molecule has 0 bridgehead atoms. The summed E-state index contributed by atoms with van der Waals surface area (Å²) in [6.07, 6.45) is 5.87. The summed E-state index contributed by atoms with van der Waals surface area (Å²) in [5, 5.41) is 0. The molecule has 0 radical (unpaired) electrons. The number of nitrogens with two attached hydrogens (primary N) is 1. The van der Waals surface area contributed by atoms with E-state index in [2.05, 4.69) is 0 Å². The molecule has 0 unspecified atom stereocenters. The third kappa shape index (κ3) is 2.12. The van der Waals surface area contributed by atoms with E-state index in [0.717, 1.165) is 18.4 Å². The van der Waals surface area contributed by atoms with Crippen LogP contribution < -0.4 is 10.5 Å². The molecule has 2 N–H and O–H groups in total. The predicted molar refractivity (Wildman–Crippen MR) is 69.2 cm³/mol. The van der Waals surface area contributed by atoms with Gasteiger partial charge in [0.15, 0.2) is 11.6 Å². The monoisotopic (exact) mass is 249 g/mol. The lowest BCUT2D eigenvalue weighted by molar-refractivity contribution is 0.175. The quantitative estimate of drug-likeness (QED) is 0.870. The van der Waals surface area contributed by atoms with Gasteiger partial charge < -0.3 is 10.5 Å². The molecule has 0 saturated heterocycles. The van der Waals surface area contributed by atoms with E-state index >= 15 is 0 Å². The first-order valence-electron chi connectivity index (χ1n) is 6.86. The number of rotatable bonds is 5. The summed E-state index contributed by atoms with van der Waals surface area (Å²) in [4.78, 5) is 0. The van der Waals surface area contributed by atoms with Crippen molar-refractivity contribution < 1.29 is 9.13 Å². The summed E-state index contributed by atoms with van der Waals surface area (Å²) < 4.78 is 19.5. The van der Waals surface area contributed by atoms with Crippen molar-refractivity contribution in [1.82, 2.24) is 0 Å². The highest BCUT2D eigenvalue weighted by molar-refractivity contribution is 5.37. The van der Waals surface area contributed by atoms with Gasteiger partial charge in [0, 0.05) is 12.0 Å². The van der Waals surface area contributed by atoms with Crippen molar-refractivity contribution in [2.45, 2.75) is 37.5 Å². The Morgan fingerprint density at radius 1 is 1.33 bits per heavy atom. The zero-order valence-corrected chi connectivity index (χ0v) is 10.6. The average molecular weight is 249 g/mol. The van der Waals surface area contributed by atoms with E-state index in [1.54, 1.807) is 12.1 Å². The summed E-state index contributed by atoms with van der Waals surface area (Å²) in [5.41, 5.74) is 6.83. The number of halogens is 1. The van der Waals surface area contributed by atoms with Crippen LogP contribution in [0.25, 0.3) is 0 Å². The normalized spacial score (nSPS) is 21.4. The van der Waals surface area contributed by atoms with Crippen LogP contribution in [0.4, 0.5) is 4.39 Å². The molecule has 2 fully saturated rings. The number of hydrogen-bond donors (Lipinski definition) is 1. The van der Waals surface area contributed by atoms with Gasteiger partial charge in [0.2, 0.25) is 0 Å². The van der Waals surface area contributed by atoms with Crippen LogP contribution in [0.2, 0.25) is 0 Å². The van der Waals surface area contributed by atoms with Gasteiger partial charge in [0.05, 0.1) is 6.61 Å². The molecule has 18 heavy (non-hydrogen) atoms. The molecule has 2 saturated carbocycles. The average Bonchev–Trinajstić information content (AvgIpc) is 3.10. The summed E-state index contributed by atoms with van der Waals surface area (Å²) >= 11 is 0. The fraction of sp³-hybridized carbons (Fsp3) is 0.600. The Morgan fingerprint density at radius 3 is 2.61 bits per heavy atom. The molecule has 3 rings (SSSR count). The van der Waals surface area contributed by atoms with Crippen LogP contribution in [-0.4, -0.2) is 13.2 Å². The molecular weight excluding hydrogens is 229 g/mol. The minimum absolute atomic E-state index is 0.0490. The highest BCUT2D eigenvalue weighted by Crippen LogP contribution is 2.47. The fourth-order valence-electron chi connectivity index (χ4n) is 2.58. The summed E-state index contributed by atoms with van der Waals surface area (Å²) in [5.74, 6) is 0.771. The van der Waals surface area contributed by atoms with Gasteiger partial charge in [-0.25, -0.2) is 4.39 Å². The Hall–Kier alpha value is -1.09. The van der Waals surface area contributed by atoms with E-state index in [4.69, 9.17) is 10.5 Å². The maximum absolute atomic E-state index is 14.0. The summed E-state index contributed by atoms with van der Waals surface area (Å²) in [6, 6.07) is 5.34. The topological polar surface area (TPSA) is 35.2 Å². The van der Waals surface area contributed by atoms with Crippen LogP contribution in [0.3, 0.4) is 0 Å². The largest absolute Gasteiger partial charge is 0.490 e. The number of benzene rings is 1. The number of ether oxygens (including phenoxy) is 1. The van der Waals surface area contributed by atoms with Gasteiger partial charge in [0.1, 0.15) is 0 Å². The third-order valence-corrected chi connectivity index (χ3v) is 4.49. The highest BCUT2D eigenvalue weighted by atomic mass is 19.1. The Bertz CT molecular complexity index is 438. The SMILES string of the molecule is NCC1(c2ccc(OCC3CCC3)c(F)c2)CC1. The molecule has 0 heterocycles. The zero-order valence-electron chi connectivity index (χ0n) is 10.6. The summed E-state index contributed by atoms with van der Waals surface area (Å²) in [6.45, 7) is 1.26. The van der Waals surface area contributed by atoms with Crippen molar-refractivity contribution in [1.29, 1.82) is 0 Å². The molecule has 0 amide bonds. The van der Waals surface area contributed by atoms with Gasteiger partial charge in [-0.15, -0.1) is 0 Å². The van der Waals surface area contributed by atoms with Crippen LogP contribution in [0.1, 0.15) is 37.7 Å².